The van der Waals surface area contributed by atoms with Crippen molar-refractivity contribution in [3.05, 3.63) is 45.1 Å². The highest BCUT2D eigenvalue weighted by molar-refractivity contribution is 9.10. The Balaban J connectivity index is 1.76. The zero-order valence-electron chi connectivity index (χ0n) is 13.9. The lowest BCUT2D eigenvalue weighted by molar-refractivity contribution is 0.250. The highest BCUT2D eigenvalue weighted by atomic mass is 79.9. The van der Waals surface area contributed by atoms with Crippen molar-refractivity contribution in [2.45, 2.75) is 23.8 Å². The maximum absolute atomic E-state index is 12.7. The van der Waals surface area contributed by atoms with Crippen LogP contribution in [0.25, 0.3) is 0 Å². The van der Waals surface area contributed by atoms with Crippen LogP contribution < -0.4 is 9.46 Å². The standard InChI is InChI=1S/C17H21BrN2O3S2/c1-23-16-7-6-13(11-14(16)18)25(21,22)19-12-15(17-5-4-10-24-17)20-8-2-3-9-20/h4-7,10-11,15,19H,2-3,8-9,12H2,1H3. The normalized spacial score (nSPS) is 16.9. The Kier molecular flexibility index (Phi) is 6.17. The summed E-state index contributed by atoms with van der Waals surface area (Å²) in [4.78, 5) is 3.78. The van der Waals surface area contributed by atoms with Gasteiger partial charge < -0.3 is 4.74 Å². The molecule has 2 aromatic rings. The van der Waals surface area contributed by atoms with Crippen LogP contribution in [-0.4, -0.2) is 40.1 Å². The van der Waals surface area contributed by atoms with Crippen molar-refractivity contribution in [2.75, 3.05) is 26.7 Å². The molecule has 0 bridgehead atoms. The summed E-state index contributed by atoms with van der Waals surface area (Å²) in [7, 11) is -2.03. The van der Waals surface area contributed by atoms with Crippen molar-refractivity contribution < 1.29 is 13.2 Å². The van der Waals surface area contributed by atoms with Crippen LogP contribution in [0.15, 0.2) is 45.1 Å². The molecule has 1 aromatic heterocycles. The molecule has 1 aliphatic rings. The molecular weight excluding hydrogens is 424 g/mol. The number of sulfonamides is 1. The molecule has 1 aliphatic heterocycles. The summed E-state index contributed by atoms with van der Waals surface area (Å²) in [6.45, 7) is 2.39. The zero-order chi connectivity index (χ0) is 17.9. The molecule has 1 aromatic carbocycles. The maximum Gasteiger partial charge on any atom is 0.240 e. The average molecular weight is 445 g/mol. The summed E-state index contributed by atoms with van der Waals surface area (Å²) in [5.74, 6) is 0.604. The van der Waals surface area contributed by atoms with Crippen molar-refractivity contribution in [1.82, 2.24) is 9.62 Å². The number of benzene rings is 1. The fourth-order valence-electron chi connectivity index (χ4n) is 3.03. The number of methoxy groups -OCH3 is 1. The third kappa shape index (κ3) is 4.43. The fourth-order valence-corrected chi connectivity index (χ4v) is 5.65. The van der Waals surface area contributed by atoms with Crippen molar-refractivity contribution in [1.29, 1.82) is 0 Å². The van der Waals surface area contributed by atoms with Crippen molar-refractivity contribution in [3.8, 4) is 5.75 Å². The Bertz CT molecular complexity index is 803. The first-order valence-corrected chi connectivity index (χ1v) is 11.3. The van der Waals surface area contributed by atoms with E-state index in [4.69, 9.17) is 4.74 Å². The highest BCUT2D eigenvalue weighted by Gasteiger charge is 2.26. The van der Waals surface area contributed by atoms with Crippen molar-refractivity contribution >= 4 is 37.3 Å². The molecule has 0 saturated carbocycles. The largest absolute Gasteiger partial charge is 0.496 e. The lowest BCUT2D eigenvalue weighted by Crippen LogP contribution is -2.36. The van der Waals surface area contributed by atoms with E-state index < -0.39 is 10.0 Å². The second kappa shape index (κ2) is 8.18. The van der Waals surface area contributed by atoms with Crippen LogP contribution in [0.5, 0.6) is 5.75 Å². The van der Waals surface area contributed by atoms with E-state index in [0.29, 0.717) is 16.8 Å². The Morgan fingerprint density at radius 3 is 2.68 bits per heavy atom. The first kappa shape index (κ1) is 18.8. The van der Waals surface area contributed by atoms with Crippen molar-refractivity contribution in [3.63, 3.8) is 0 Å². The molecule has 5 nitrogen and oxygen atoms in total. The van der Waals surface area contributed by atoms with Gasteiger partial charge >= 0.3 is 0 Å². The first-order valence-electron chi connectivity index (χ1n) is 8.12. The molecule has 1 fully saturated rings. The van der Waals surface area contributed by atoms with Crippen LogP contribution in [0.3, 0.4) is 0 Å². The van der Waals surface area contributed by atoms with E-state index in [2.05, 4.69) is 31.6 Å². The number of likely N-dealkylation sites (tertiary alicyclic amines) is 1. The molecular formula is C17H21BrN2O3S2. The number of nitrogens with zero attached hydrogens (tertiary/aromatic N) is 1. The van der Waals surface area contributed by atoms with Gasteiger partial charge in [0.15, 0.2) is 0 Å². The van der Waals surface area contributed by atoms with Gasteiger partial charge in [0.25, 0.3) is 0 Å². The van der Waals surface area contributed by atoms with Crippen LogP contribution in [0.1, 0.15) is 23.8 Å². The Labute approximate surface area is 161 Å². The number of thiophene rings is 1. The number of hydrogen-bond donors (Lipinski definition) is 1. The lowest BCUT2D eigenvalue weighted by atomic mass is 10.2. The van der Waals surface area contributed by atoms with E-state index in [1.54, 1.807) is 36.6 Å². The molecule has 1 saturated heterocycles. The number of nitrogens with one attached hydrogen (secondary N) is 1. The zero-order valence-corrected chi connectivity index (χ0v) is 17.2. The minimum atomic E-state index is -3.58. The molecule has 136 valence electrons. The number of ether oxygens (including phenoxy) is 1. The predicted octanol–water partition coefficient (Wildman–Crippen LogP) is 3.63. The topological polar surface area (TPSA) is 58.6 Å². The van der Waals surface area contributed by atoms with Gasteiger partial charge in [-0.1, -0.05) is 6.07 Å². The summed E-state index contributed by atoms with van der Waals surface area (Å²) in [5, 5.41) is 2.04. The Morgan fingerprint density at radius 1 is 1.32 bits per heavy atom. The summed E-state index contributed by atoms with van der Waals surface area (Å²) in [6.07, 6.45) is 2.33. The quantitative estimate of drug-likeness (QED) is 0.707. The number of hydrogen-bond acceptors (Lipinski definition) is 5. The monoisotopic (exact) mass is 444 g/mol. The molecule has 2 heterocycles. The van der Waals surface area contributed by atoms with Gasteiger partial charge in [0.2, 0.25) is 10.0 Å². The highest BCUT2D eigenvalue weighted by Crippen LogP contribution is 2.30. The van der Waals surface area contributed by atoms with E-state index in [9.17, 15) is 8.42 Å². The second-order valence-electron chi connectivity index (χ2n) is 5.92. The third-order valence-electron chi connectivity index (χ3n) is 4.35. The van der Waals surface area contributed by atoms with Crippen LogP contribution in [0.2, 0.25) is 0 Å². The Morgan fingerprint density at radius 2 is 2.08 bits per heavy atom. The first-order chi connectivity index (χ1) is 12.0. The lowest BCUT2D eigenvalue weighted by Gasteiger charge is -2.26. The minimum absolute atomic E-state index is 0.0824. The van der Waals surface area contributed by atoms with Crippen LogP contribution in [0, 0.1) is 0 Å². The molecule has 0 radical (unpaired) electrons. The van der Waals surface area contributed by atoms with Gasteiger partial charge in [-0.25, -0.2) is 13.1 Å². The second-order valence-corrected chi connectivity index (χ2v) is 9.52. The fraction of sp³-hybridized carbons (Fsp3) is 0.412. The summed E-state index contributed by atoms with van der Waals surface area (Å²) in [6, 6.07) is 8.94. The molecule has 1 atom stereocenters. The van der Waals surface area contributed by atoms with Crippen molar-refractivity contribution in [2.24, 2.45) is 0 Å². The molecule has 1 unspecified atom stereocenters. The van der Waals surface area contributed by atoms with E-state index >= 15 is 0 Å². The number of halogens is 1. The molecule has 25 heavy (non-hydrogen) atoms. The molecule has 0 amide bonds. The molecule has 8 heteroatoms. The van der Waals surface area contributed by atoms with E-state index in [1.165, 1.54) is 17.7 Å². The van der Waals surface area contributed by atoms with Crippen LogP contribution in [0.4, 0.5) is 0 Å². The van der Waals surface area contributed by atoms with Gasteiger partial charge in [-0.3, -0.25) is 4.90 Å². The van der Waals surface area contributed by atoms with E-state index in [-0.39, 0.29) is 10.9 Å². The minimum Gasteiger partial charge on any atom is -0.496 e. The summed E-state index contributed by atoms with van der Waals surface area (Å²) in [5.41, 5.74) is 0. The number of rotatable bonds is 7. The molecule has 0 spiro atoms. The van der Waals surface area contributed by atoms with Gasteiger partial charge in [0.05, 0.1) is 22.5 Å². The third-order valence-corrected chi connectivity index (χ3v) is 7.37. The molecule has 3 rings (SSSR count). The maximum atomic E-state index is 12.7. The average Bonchev–Trinajstić information content (AvgIpc) is 3.29. The van der Waals surface area contributed by atoms with Crippen LogP contribution >= 0.6 is 27.3 Å². The van der Waals surface area contributed by atoms with E-state index in [1.807, 2.05) is 11.4 Å². The SMILES string of the molecule is COc1ccc(S(=O)(=O)NCC(c2cccs2)N2CCCC2)cc1Br. The van der Waals surface area contributed by atoms with E-state index in [0.717, 1.165) is 13.1 Å². The van der Waals surface area contributed by atoms with Gasteiger partial charge in [-0.2, -0.15) is 0 Å². The van der Waals surface area contributed by atoms with Gasteiger partial charge in [-0.15, -0.1) is 11.3 Å². The summed E-state index contributed by atoms with van der Waals surface area (Å²) < 4.78 is 33.9. The summed E-state index contributed by atoms with van der Waals surface area (Å²) >= 11 is 5.01. The van der Waals surface area contributed by atoms with Gasteiger partial charge in [-0.05, 0) is 71.5 Å². The van der Waals surface area contributed by atoms with Gasteiger partial charge in [0, 0.05) is 11.4 Å². The smallest absolute Gasteiger partial charge is 0.240 e. The molecule has 1 N–H and O–H groups in total. The Hall–Kier alpha value is -0.930. The van der Waals surface area contributed by atoms with Gasteiger partial charge in [0.1, 0.15) is 5.75 Å². The van der Waals surface area contributed by atoms with Crippen LogP contribution in [-0.2, 0) is 10.0 Å². The molecule has 0 aliphatic carbocycles. The predicted molar refractivity (Wildman–Crippen MR) is 104 cm³/mol.